The van der Waals surface area contributed by atoms with Gasteiger partial charge < -0.3 is 9.84 Å². The molecule has 1 N–H and O–H groups in total. The van der Waals surface area contributed by atoms with Crippen molar-refractivity contribution in [1.82, 2.24) is 0 Å². The smallest absolute Gasteiger partial charge is 0.314 e. The molecule has 3 atom stereocenters. The van der Waals surface area contributed by atoms with Gasteiger partial charge in [0.1, 0.15) is 17.5 Å². The number of hydrogen-bond donors (Lipinski definition) is 1. The number of hydrogen-bond acceptors (Lipinski definition) is 5. The molecule has 46 heavy (non-hydrogen) atoms. The highest BCUT2D eigenvalue weighted by Crippen LogP contribution is 2.25. The summed E-state index contributed by atoms with van der Waals surface area (Å²) in [5, 5.41) is 9.67. The van der Waals surface area contributed by atoms with Crippen LogP contribution in [0.1, 0.15) is 180 Å². The van der Waals surface area contributed by atoms with Crippen LogP contribution in [-0.2, 0) is 23.9 Å². The van der Waals surface area contributed by atoms with Gasteiger partial charge in [0.05, 0.1) is 12.5 Å². The van der Waals surface area contributed by atoms with Crippen molar-refractivity contribution < 1.29 is 29.0 Å². The van der Waals surface area contributed by atoms with Crippen molar-refractivity contribution in [2.75, 3.05) is 6.61 Å². The minimum absolute atomic E-state index is 0.246. The Bertz CT molecular complexity index is 942. The number of unbranched alkanes of at least 4 members (excludes halogenated alkanes) is 19. The van der Waals surface area contributed by atoms with Crippen LogP contribution in [0.25, 0.3) is 0 Å². The number of esters is 1. The van der Waals surface area contributed by atoms with Crippen molar-refractivity contribution in [3.8, 4) is 0 Å². The zero-order chi connectivity index (χ0) is 33.8. The zero-order valence-electron chi connectivity index (χ0n) is 29.6. The Morgan fingerprint density at radius 1 is 0.609 bits per heavy atom. The van der Waals surface area contributed by atoms with Gasteiger partial charge in [-0.05, 0) is 18.4 Å². The normalized spacial score (nSPS) is 13.2. The van der Waals surface area contributed by atoms with Crippen LogP contribution in [-0.4, -0.2) is 35.2 Å². The molecule has 262 valence electrons. The molecule has 0 bridgehead atoms. The molecule has 0 fully saturated rings. The first-order valence-corrected chi connectivity index (χ1v) is 18.8. The van der Waals surface area contributed by atoms with Gasteiger partial charge in [-0.15, -0.1) is 0 Å². The molecule has 0 saturated carbocycles. The lowest BCUT2D eigenvalue weighted by Crippen LogP contribution is -2.31. The predicted molar refractivity (Wildman–Crippen MR) is 188 cm³/mol. The molecule has 0 aromatic heterocycles. The van der Waals surface area contributed by atoms with Gasteiger partial charge >= 0.3 is 11.9 Å². The summed E-state index contributed by atoms with van der Waals surface area (Å²) in [4.78, 5) is 50.0. The average molecular weight is 643 g/mol. The molecule has 1 rings (SSSR count). The van der Waals surface area contributed by atoms with Gasteiger partial charge in [0.2, 0.25) is 0 Å². The molecule has 6 nitrogen and oxygen atoms in total. The second-order valence-electron chi connectivity index (χ2n) is 13.4. The van der Waals surface area contributed by atoms with Crippen LogP contribution in [0.5, 0.6) is 0 Å². The number of carbonyl (C=O) groups excluding carboxylic acids is 3. The van der Waals surface area contributed by atoms with Gasteiger partial charge in [-0.1, -0.05) is 173 Å². The second-order valence-corrected chi connectivity index (χ2v) is 13.4. The number of Topliss-reactive ketones (excluding diaryl/α,β-unsaturated/α-hetero) is 2. The maximum absolute atomic E-state index is 12.9. The van der Waals surface area contributed by atoms with Crippen molar-refractivity contribution in [3.05, 3.63) is 35.9 Å². The lowest BCUT2D eigenvalue weighted by molar-refractivity contribution is -0.153. The standard InChI is InChI=1S/C40H66O6/c1-4-6-7-8-9-10-11-12-13-14-15-16-17-18-19-20-21-22-23-27-30-46-40(45)33(3)31-37(41)36(39(43)44)32-38(42)35(5-2)34-28-25-24-26-29-34/h24-26,28-29,33,35-36H,4-23,27,30-32H2,1-3H3,(H,43,44). The third kappa shape index (κ3) is 19.9. The number of ether oxygens (including phenoxy) is 1. The van der Waals surface area contributed by atoms with Crippen molar-refractivity contribution in [1.29, 1.82) is 0 Å². The fourth-order valence-corrected chi connectivity index (χ4v) is 6.22. The Labute approximate surface area is 280 Å². The first-order chi connectivity index (χ1) is 22.3. The van der Waals surface area contributed by atoms with E-state index in [9.17, 15) is 24.3 Å². The third-order valence-electron chi connectivity index (χ3n) is 9.24. The summed E-state index contributed by atoms with van der Waals surface area (Å²) in [6, 6.07) is 9.19. The van der Waals surface area contributed by atoms with Gasteiger partial charge in [0, 0.05) is 18.8 Å². The third-order valence-corrected chi connectivity index (χ3v) is 9.24. The van der Waals surface area contributed by atoms with Gasteiger partial charge in [0.15, 0.2) is 0 Å². The first-order valence-electron chi connectivity index (χ1n) is 18.8. The van der Waals surface area contributed by atoms with Crippen LogP contribution >= 0.6 is 0 Å². The van der Waals surface area contributed by atoms with Crippen LogP contribution in [0.4, 0.5) is 0 Å². The van der Waals surface area contributed by atoms with E-state index in [-0.39, 0.29) is 18.6 Å². The fraction of sp³-hybridized carbons (Fsp3) is 0.750. The van der Waals surface area contributed by atoms with Crippen molar-refractivity contribution >= 4 is 23.5 Å². The highest BCUT2D eigenvalue weighted by Gasteiger charge is 2.33. The summed E-state index contributed by atoms with van der Waals surface area (Å²) in [6.45, 7) is 6.03. The Morgan fingerprint density at radius 2 is 1.04 bits per heavy atom. The maximum atomic E-state index is 12.9. The minimum atomic E-state index is -1.45. The molecule has 1 aromatic rings. The summed E-state index contributed by atoms with van der Waals surface area (Å²) >= 11 is 0. The molecule has 3 unspecified atom stereocenters. The SMILES string of the molecule is CCCCCCCCCCCCCCCCCCCCCCOC(=O)C(C)CC(=O)C(CC(=O)C(CC)c1ccccc1)C(=O)O. The largest absolute Gasteiger partial charge is 0.481 e. The molecule has 0 radical (unpaired) electrons. The van der Waals surface area contributed by atoms with E-state index in [1.165, 1.54) is 109 Å². The summed E-state index contributed by atoms with van der Waals surface area (Å²) < 4.78 is 5.37. The molecule has 1 aromatic carbocycles. The molecule has 0 spiro atoms. The highest BCUT2D eigenvalue weighted by atomic mass is 16.5. The number of rotatable bonds is 31. The number of carbonyl (C=O) groups is 4. The lowest BCUT2D eigenvalue weighted by atomic mass is 9.84. The van der Waals surface area contributed by atoms with Gasteiger partial charge in [0.25, 0.3) is 0 Å². The summed E-state index contributed by atoms with van der Waals surface area (Å²) in [7, 11) is 0. The molecular weight excluding hydrogens is 576 g/mol. The predicted octanol–water partition coefficient (Wildman–Crippen LogP) is 10.8. The number of ketones is 2. The van der Waals surface area contributed by atoms with Crippen molar-refractivity contribution in [2.24, 2.45) is 11.8 Å². The van der Waals surface area contributed by atoms with Crippen LogP contribution < -0.4 is 0 Å². The molecule has 6 heteroatoms. The number of carboxylic acids is 1. The van der Waals surface area contributed by atoms with E-state index in [2.05, 4.69) is 6.92 Å². The van der Waals surface area contributed by atoms with Crippen LogP contribution in [0.2, 0.25) is 0 Å². The molecule has 0 aliphatic rings. The Balaban J connectivity index is 2.07. The van der Waals surface area contributed by atoms with Crippen LogP contribution in [0.3, 0.4) is 0 Å². The van der Waals surface area contributed by atoms with Gasteiger partial charge in [-0.3, -0.25) is 19.2 Å². The summed E-state index contributed by atoms with van der Waals surface area (Å²) in [6.07, 6.45) is 26.1. The molecular formula is C40H66O6. The molecule has 0 saturated heterocycles. The molecule has 0 amide bonds. The van der Waals surface area contributed by atoms with E-state index in [1.807, 2.05) is 37.3 Å². The highest BCUT2D eigenvalue weighted by molar-refractivity contribution is 6.03. The zero-order valence-corrected chi connectivity index (χ0v) is 29.6. The van der Waals surface area contributed by atoms with E-state index in [0.717, 1.165) is 24.8 Å². The fourth-order valence-electron chi connectivity index (χ4n) is 6.22. The first kappa shape index (κ1) is 41.5. The van der Waals surface area contributed by atoms with E-state index >= 15 is 0 Å². The summed E-state index contributed by atoms with van der Waals surface area (Å²) in [5.74, 6) is -5.35. The van der Waals surface area contributed by atoms with Gasteiger partial charge in [-0.2, -0.15) is 0 Å². The van der Waals surface area contributed by atoms with Crippen LogP contribution in [0, 0.1) is 11.8 Å². The Morgan fingerprint density at radius 3 is 1.46 bits per heavy atom. The van der Waals surface area contributed by atoms with E-state index < -0.39 is 35.5 Å². The molecule has 0 aliphatic heterocycles. The molecule has 0 aliphatic carbocycles. The van der Waals surface area contributed by atoms with Crippen molar-refractivity contribution in [2.45, 2.75) is 174 Å². The van der Waals surface area contributed by atoms with E-state index in [1.54, 1.807) is 6.92 Å². The maximum Gasteiger partial charge on any atom is 0.314 e. The van der Waals surface area contributed by atoms with Gasteiger partial charge in [-0.25, -0.2) is 0 Å². The van der Waals surface area contributed by atoms with Crippen molar-refractivity contribution in [3.63, 3.8) is 0 Å². The molecule has 0 heterocycles. The number of benzene rings is 1. The quantitative estimate of drug-likeness (QED) is 0.0491. The monoisotopic (exact) mass is 642 g/mol. The Kier molecular flexibility index (Phi) is 24.9. The minimum Gasteiger partial charge on any atom is -0.481 e. The number of aliphatic carboxylic acids is 1. The summed E-state index contributed by atoms with van der Waals surface area (Å²) in [5.41, 5.74) is 0.813. The topological polar surface area (TPSA) is 97.7 Å². The second kappa shape index (κ2) is 27.6. The van der Waals surface area contributed by atoms with Crippen LogP contribution in [0.15, 0.2) is 30.3 Å². The van der Waals surface area contributed by atoms with E-state index in [4.69, 9.17) is 4.74 Å². The lowest BCUT2D eigenvalue weighted by Gasteiger charge is -2.18. The van der Waals surface area contributed by atoms with E-state index in [0.29, 0.717) is 13.0 Å². The number of carboxylic acid groups (broad SMARTS) is 1. The average Bonchev–Trinajstić information content (AvgIpc) is 3.04. The Hall–Kier alpha value is -2.50.